The van der Waals surface area contributed by atoms with Crippen molar-refractivity contribution in [3.05, 3.63) is 59.4 Å². The van der Waals surface area contributed by atoms with Crippen LogP contribution in [0.4, 0.5) is 4.39 Å². The molecule has 2 bridgehead atoms. The molecule has 1 aliphatic heterocycles. The molecule has 2 aliphatic rings. The van der Waals surface area contributed by atoms with Gasteiger partial charge in [0.25, 0.3) is 0 Å². The van der Waals surface area contributed by atoms with Crippen LogP contribution in [-0.4, -0.2) is 44.6 Å². The highest BCUT2D eigenvalue weighted by molar-refractivity contribution is 7.89. The SMILES string of the molecule is C[C@H]1[C@H]2Cc3ccc(O)cc3[C@]1(CCNS(=O)(=O)c1ccc(F)cc1)CCN2C. The molecule has 0 saturated carbocycles. The highest BCUT2D eigenvalue weighted by atomic mass is 32.2. The predicted molar refractivity (Wildman–Crippen MR) is 110 cm³/mol. The third kappa shape index (κ3) is 3.56. The van der Waals surface area contributed by atoms with Gasteiger partial charge in [-0.2, -0.15) is 0 Å². The number of nitrogens with one attached hydrogen (secondary N) is 1. The molecular weight excluding hydrogens is 391 g/mol. The van der Waals surface area contributed by atoms with Crippen molar-refractivity contribution in [1.82, 2.24) is 9.62 Å². The van der Waals surface area contributed by atoms with Gasteiger partial charge in [-0.25, -0.2) is 17.5 Å². The molecule has 7 heteroatoms. The first-order valence-electron chi connectivity index (χ1n) is 10.0. The molecule has 0 amide bonds. The van der Waals surface area contributed by atoms with E-state index in [0.717, 1.165) is 37.1 Å². The Morgan fingerprint density at radius 3 is 2.69 bits per heavy atom. The Bertz CT molecular complexity index is 1010. The molecule has 1 heterocycles. The lowest BCUT2D eigenvalue weighted by Gasteiger charge is -2.55. The monoisotopic (exact) mass is 418 g/mol. The van der Waals surface area contributed by atoms with Crippen LogP contribution in [0.3, 0.4) is 0 Å². The first-order valence-corrected chi connectivity index (χ1v) is 11.5. The van der Waals surface area contributed by atoms with Gasteiger partial charge >= 0.3 is 0 Å². The number of hydrogen-bond donors (Lipinski definition) is 2. The summed E-state index contributed by atoms with van der Waals surface area (Å²) in [5.74, 6) is 0.123. The molecule has 0 radical (unpaired) electrons. The summed E-state index contributed by atoms with van der Waals surface area (Å²) >= 11 is 0. The molecule has 1 saturated heterocycles. The van der Waals surface area contributed by atoms with Crippen LogP contribution in [-0.2, 0) is 21.9 Å². The van der Waals surface area contributed by atoms with Gasteiger partial charge < -0.3 is 10.0 Å². The standard InChI is InChI=1S/C22H27FN2O3S/c1-15-21-13-16-3-6-18(26)14-20(16)22(15,10-12-25(21)2)9-11-24-29(27,28)19-7-4-17(23)5-8-19/h3-8,14-15,21,24,26H,9-13H2,1-2H3/t15-,21+,22+/m0/s1. The number of piperidine rings is 1. The van der Waals surface area contributed by atoms with Gasteiger partial charge in [0.15, 0.2) is 0 Å². The normalized spacial score (nSPS) is 26.9. The van der Waals surface area contributed by atoms with Crippen molar-refractivity contribution in [3.8, 4) is 5.75 Å². The molecule has 1 aliphatic carbocycles. The van der Waals surface area contributed by atoms with Gasteiger partial charge in [0, 0.05) is 18.0 Å². The number of nitrogens with zero attached hydrogens (tertiary/aromatic N) is 1. The molecule has 156 valence electrons. The van der Waals surface area contributed by atoms with Crippen molar-refractivity contribution in [2.24, 2.45) is 5.92 Å². The van der Waals surface area contributed by atoms with Crippen molar-refractivity contribution in [1.29, 1.82) is 0 Å². The highest BCUT2D eigenvalue weighted by Gasteiger charge is 2.50. The third-order valence-corrected chi connectivity index (χ3v) is 8.45. The van der Waals surface area contributed by atoms with E-state index < -0.39 is 15.8 Å². The molecule has 0 spiro atoms. The molecule has 1 fully saturated rings. The number of aromatic hydroxyl groups is 1. The molecule has 5 nitrogen and oxygen atoms in total. The number of sulfonamides is 1. The summed E-state index contributed by atoms with van der Waals surface area (Å²) < 4.78 is 41.0. The third-order valence-electron chi connectivity index (χ3n) is 6.97. The van der Waals surface area contributed by atoms with Gasteiger partial charge in [-0.3, -0.25) is 0 Å². The Labute approximate surface area is 171 Å². The average Bonchev–Trinajstić information content (AvgIpc) is 2.67. The Morgan fingerprint density at radius 1 is 1.24 bits per heavy atom. The summed E-state index contributed by atoms with van der Waals surface area (Å²) in [4.78, 5) is 2.45. The molecule has 3 atom stereocenters. The zero-order valence-corrected chi connectivity index (χ0v) is 17.5. The molecule has 4 rings (SSSR count). The fraction of sp³-hybridized carbons (Fsp3) is 0.455. The lowest BCUT2D eigenvalue weighted by atomic mass is 9.56. The number of likely N-dealkylation sites (tertiary alicyclic amines) is 1. The second-order valence-corrected chi connectivity index (χ2v) is 10.2. The molecular formula is C22H27FN2O3S. The maximum absolute atomic E-state index is 13.1. The Morgan fingerprint density at radius 2 is 1.97 bits per heavy atom. The van der Waals surface area contributed by atoms with Gasteiger partial charge in [-0.05, 0) is 86.3 Å². The van der Waals surface area contributed by atoms with E-state index in [1.807, 2.05) is 12.1 Å². The number of fused-ring (bicyclic) bond motifs is 4. The van der Waals surface area contributed by atoms with Crippen molar-refractivity contribution >= 4 is 10.0 Å². The van der Waals surface area contributed by atoms with E-state index in [-0.39, 0.29) is 22.6 Å². The fourth-order valence-electron chi connectivity index (χ4n) is 5.26. The summed E-state index contributed by atoms with van der Waals surface area (Å²) in [5.41, 5.74) is 2.20. The van der Waals surface area contributed by atoms with Crippen LogP contribution in [0.15, 0.2) is 47.4 Å². The van der Waals surface area contributed by atoms with Crippen molar-refractivity contribution in [3.63, 3.8) is 0 Å². The highest BCUT2D eigenvalue weighted by Crippen LogP contribution is 2.51. The number of phenols is 1. The van der Waals surface area contributed by atoms with E-state index in [1.54, 1.807) is 6.07 Å². The van der Waals surface area contributed by atoms with Gasteiger partial charge in [0.05, 0.1) is 4.90 Å². The zero-order valence-electron chi connectivity index (χ0n) is 16.7. The second-order valence-electron chi connectivity index (χ2n) is 8.39. The predicted octanol–water partition coefficient (Wildman–Crippen LogP) is 3.03. The molecule has 2 aromatic rings. The fourth-order valence-corrected chi connectivity index (χ4v) is 6.29. The van der Waals surface area contributed by atoms with Crippen LogP contribution in [0.2, 0.25) is 0 Å². The van der Waals surface area contributed by atoms with Crippen LogP contribution in [0.25, 0.3) is 0 Å². The van der Waals surface area contributed by atoms with Crippen molar-refractivity contribution in [2.75, 3.05) is 20.1 Å². The average molecular weight is 419 g/mol. The first-order chi connectivity index (χ1) is 13.7. The Kier molecular flexibility index (Phi) is 5.17. The van der Waals surface area contributed by atoms with Crippen LogP contribution in [0, 0.1) is 11.7 Å². The van der Waals surface area contributed by atoms with E-state index >= 15 is 0 Å². The van der Waals surface area contributed by atoms with Gasteiger partial charge in [-0.15, -0.1) is 0 Å². The second kappa shape index (κ2) is 7.38. The number of phenolic OH excluding ortho intramolecular Hbond substituents is 1. The van der Waals surface area contributed by atoms with Crippen molar-refractivity contribution in [2.45, 2.75) is 42.5 Å². The van der Waals surface area contributed by atoms with Gasteiger partial charge in [-0.1, -0.05) is 13.0 Å². The smallest absolute Gasteiger partial charge is 0.240 e. The minimum Gasteiger partial charge on any atom is -0.508 e. The molecule has 2 N–H and O–H groups in total. The first kappa shape index (κ1) is 20.3. The summed E-state index contributed by atoms with van der Waals surface area (Å²) in [6.45, 7) is 3.46. The van der Waals surface area contributed by atoms with E-state index in [9.17, 15) is 17.9 Å². The minimum absolute atomic E-state index is 0.0624. The van der Waals surface area contributed by atoms with Gasteiger partial charge in [0.1, 0.15) is 11.6 Å². The molecule has 0 aromatic heterocycles. The number of rotatable bonds is 5. The summed E-state index contributed by atoms with van der Waals surface area (Å²) in [7, 11) is -1.55. The molecule has 2 aromatic carbocycles. The van der Waals surface area contributed by atoms with E-state index in [4.69, 9.17) is 0 Å². The minimum atomic E-state index is -3.70. The summed E-state index contributed by atoms with van der Waals surface area (Å²) in [6.07, 6.45) is 2.50. The lowest BCUT2D eigenvalue weighted by molar-refractivity contribution is 0.0367. The van der Waals surface area contributed by atoms with E-state index in [1.165, 1.54) is 17.7 Å². The molecule has 0 unspecified atom stereocenters. The van der Waals surface area contributed by atoms with Gasteiger partial charge in [0.2, 0.25) is 10.0 Å². The lowest BCUT2D eigenvalue weighted by Crippen LogP contribution is -2.58. The number of benzene rings is 2. The van der Waals surface area contributed by atoms with E-state index in [0.29, 0.717) is 18.4 Å². The summed E-state index contributed by atoms with van der Waals surface area (Å²) in [5, 5.41) is 10.1. The quantitative estimate of drug-likeness (QED) is 0.783. The topological polar surface area (TPSA) is 69.6 Å². The number of halogens is 1. The number of hydrogen-bond acceptors (Lipinski definition) is 4. The van der Waals surface area contributed by atoms with Crippen LogP contribution in [0.1, 0.15) is 30.9 Å². The van der Waals surface area contributed by atoms with E-state index in [2.05, 4.69) is 23.6 Å². The van der Waals surface area contributed by atoms with Crippen LogP contribution < -0.4 is 4.72 Å². The largest absolute Gasteiger partial charge is 0.508 e. The van der Waals surface area contributed by atoms with Crippen molar-refractivity contribution < 1.29 is 17.9 Å². The Hall–Kier alpha value is -1.96. The maximum atomic E-state index is 13.1. The Balaban J connectivity index is 1.60. The maximum Gasteiger partial charge on any atom is 0.240 e. The molecule has 29 heavy (non-hydrogen) atoms. The zero-order chi connectivity index (χ0) is 20.8. The summed E-state index contributed by atoms with van der Waals surface area (Å²) in [6, 6.07) is 10.8. The van der Waals surface area contributed by atoms with Crippen LogP contribution >= 0.6 is 0 Å². The van der Waals surface area contributed by atoms with Crippen LogP contribution in [0.5, 0.6) is 5.75 Å². The number of likely N-dealkylation sites (N-methyl/N-ethyl adjacent to an activating group) is 1.